The zero-order valence-corrected chi connectivity index (χ0v) is 23.9. The van der Waals surface area contributed by atoms with Gasteiger partial charge in [0.05, 0.1) is 13.3 Å². The lowest BCUT2D eigenvalue weighted by atomic mass is 9.77. The van der Waals surface area contributed by atoms with E-state index in [0.29, 0.717) is 24.5 Å². The SMILES string of the molecule is C=C(C)C=O.COCC(CO)CCCCC1CCC(CCc2ccc3cc(CCCCF)ccc3c2)CC1. The van der Waals surface area contributed by atoms with Crippen LogP contribution in [0.5, 0.6) is 0 Å². The molecule has 4 heteroatoms. The summed E-state index contributed by atoms with van der Waals surface area (Å²) in [6, 6.07) is 13.7. The Hall–Kier alpha value is -2.04. The summed E-state index contributed by atoms with van der Waals surface area (Å²) in [7, 11) is 1.72. The number of aliphatic hydroxyl groups is 1. The van der Waals surface area contributed by atoms with Crippen LogP contribution in [-0.2, 0) is 22.4 Å². The number of ether oxygens (including phenoxy) is 1. The maximum absolute atomic E-state index is 12.3. The molecule has 38 heavy (non-hydrogen) atoms. The standard InChI is InChI=1S/C30H45FO2.C4H6O/c1-33-23-28(22-32)8-3-2-6-24-9-11-25(12-10-24)13-14-27-16-18-29-20-26(7-4-5-19-31)15-17-30(29)21-27;1-4(2)3-5/h15-18,20-21,24-25,28,32H,2-14,19,22-23H2,1H3;3H,1H2,2H3. The van der Waals surface area contributed by atoms with Crippen molar-refractivity contribution in [1.29, 1.82) is 0 Å². The highest BCUT2D eigenvalue weighted by molar-refractivity contribution is 5.83. The normalized spacial score (nSPS) is 18.0. The Morgan fingerprint density at radius 2 is 1.55 bits per heavy atom. The van der Waals surface area contributed by atoms with Crippen molar-refractivity contribution in [2.24, 2.45) is 17.8 Å². The zero-order chi connectivity index (χ0) is 27.6. The molecule has 0 heterocycles. The van der Waals surface area contributed by atoms with Gasteiger partial charge in [-0.3, -0.25) is 9.18 Å². The smallest absolute Gasteiger partial charge is 0.145 e. The van der Waals surface area contributed by atoms with Crippen LogP contribution >= 0.6 is 0 Å². The Morgan fingerprint density at radius 1 is 0.974 bits per heavy atom. The van der Waals surface area contributed by atoms with Gasteiger partial charge in [-0.25, -0.2) is 0 Å². The maximum Gasteiger partial charge on any atom is 0.145 e. The summed E-state index contributed by atoms with van der Waals surface area (Å²) in [5, 5.41) is 12.0. The number of benzene rings is 2. The summed E-state index contributed by atoms with van der Waals surface area (Å²) in [4.78, 5) is 9.41. The number of aldehydes is 1. The third-order valence-corrected chi connectivity index (χ3v) is 7.96. The number of halogens is 1. The predicted octanol–water partition coefficient (Wildman–Crippen LogP) is 8.45. The van der Waals surface area contributed by atoms with Crippen molar-refractivity contribution in [3.63, 3.8) is 0 Å². The van der Waals surface area contributed by atoms with Gasteiger partial charge >= 0.3 is 0 Å². The van der Waals surface area contributed by atoms with Crippen LogP contribution in [0.2, 0.25) is 0 Å². The number of alkyl halides is 1. The number of unbranched alkanes of at least 4 members (excludes halogenated alkanes) is 2. The molecule has 0 saturated heterocycles. The van der Waals surface area contributed by atoms with Crippen LogP contribution in [0.15, 0.2) is 48.6 Å². The third kappa shape index (κ3) is 12.7. The Balaban J connectivity index is 0.000000926. The highest BCUT2D eigenvalue weighted by Crippen LogP contribution is 2.34. The van der Waals surface area contributed by atoms with Crippen molar-refractivity contribution in [2.75, 3.05) is 27.0 Å². The molecule has 1 aliphatic carbocycles. The summed E-state index contributed by atoms with van der Waals surface area (Å²) < 4.78 is 17.5. The average Bonchev–Trinajstić information content (AvgIpc) is 2.94. The van der Waals surface area contributed by atoms with E-state index < -0.39 is 0 Å². The first-order valence-corrected chi connectivity index (χ1v) is 14.8. The van der Waals surface area contributed by atoms with Crippen molar-refractivity contribution in [3.05, 3.63) is 59.7 Å². The summed E-state index contributed by atoms with van der Waals surface area (Å²) in [5.41, 5.74) is 3.36. The van der Waals surface area contributed by atoms with Crippen molar-refractivity contribution < 1.29 is 19.0 Å². The number of rotatable bonds is 16. The molecule has 2 aromatic carbocycles. The molecule has 0 radical (unpaired) electrons. The van der Waals surface area contributed by atoms with Gasteiger partial charge in [-0.1, -0.05) is 87.9 Å². The first-order chi connectivity index (χ1) is 18.5. The van der Waals surface area contributed by atoms with E-state index in [1.807, 2.05) is 0 Å². The van der Waals surface area contributed by atoms with Gasteiger partial charge in [-0.05, 0) is 84.8 Å². The first-order valence-electron chi connectivity index (χ1n) is 14.8. The molecule has 1 aliphatic rings. The summed E-state index contributed by atoms with van der Waals surface area (Å²) in [6.07, 6.45) is 16.3. The van der Waals surface area contributed by atoms with Gasteiger partial charge in [0, 0.05) is 19.6 Å². The van der Waals surface area contributed by atoms with Crippen molar-refractivity contribution in [1.82, 2.24) is 0 Å². The number of fused-ring (bicyclic) bond motifs is 1. The molecule has 1 fully saturated rings. The molecular formula is C34H51FO3. The van der Waals surface area contributed by atoms with Gasteiger partial charge in [-0.2, -0.15) is 0 Å². The molecule has 1 N–H and O–H groups in total. The molecule has 1 saturated carbocycles. The molecule has 0 amide bonds. The number of carbonyl (C=O) groups is 1. The van der Waals surface area contributed by atoms with Crippen LogP contribution in [0.4, 0.5) is 4.39 Å². The fourth-order valence-electron chi connectivity index (χ4n) is 5.59. The van der Waals surface area contributed by atoms with Crippen molar-refractivity contribution >= 4 is 17.1 Å². The van der Waals surface area contributed by atoms with E-state index in [2.05, 4.69) is 43.0 Å². The van der Waals surface area contributed by atoms with Crippen LogP contribution in [0, 0.1) is 17.8 Å². The third-order valence-electron chi connectivity index (χ3n) is 7.96. The summed E-state index contributed by atoms with van der Waals surface area (Å²) >= 11 is 0. The van der Waals surface area contributed by atoms with E-state index in [1.165, 1.54) is 79.7 Å². The van der Waals surface area contributed by atoms with Gasteiger partial charge in [-0.15, -0.1) is 0 Å². The molecule has 3 nitrogen and oxygen atoms in total. The topological polar surface area (TPSA) is 46.5 Å². The largest absolute Gasteiger partial charge is 0.396 e. The minimum atomic E-state index is -0.209. The Kier molecular flexibility index (Phi) is 16.2. The molecule has 212 valence electrons. The summed E-state index contributed by atoms with van der Waals surface area (Å²) in [6.45, 7) is 5.69. The molecule has 3 rings (SSSR count). The van der Waals surface area contributed by atoms with Crippen LogP contribution in [-0.4, -0.2) is 38.4 Å². The van der Waals surface area contributed by atoms with E-state index in [4.69, 9.17) is 4.74 Å². The van der Waals surface area contributed by atoms with E-state index >= 15 is 0 Å². The van der Waals surface area contributed by atoms with Crippen LogP contribution in [0.1, 0.15) is 88.7 Å². The molecule has 2 aromatic rings. The van der Waals surface area contributed by atoms with E-state index in [0.717, 1.165) is 37.4 Å². The lowest BCUT2D eigenvalue weighted by molar-refractivity contribution is -0.104. The Labute approximate surface area is 230 Å². The maximum atomic E-state index is 12.3. The Morgan fingerprint density at radius 3 is 2.08 bits per heavy atom. The number of methoxy groups -OCH3 is 1. The number of hydrogen-bond acceptors (Lipinski definition) is 3. The second-order valence-electron chi connectivity index (χ2n) is 11.3. The second kappa shape index (κ2) is 19.1. The minimum absolute atomic E-state index is 0.209. The number of carbonyl (C=O) groups excluding carboxylic acids is 1. The fourth-order valence-corrected chi connectivity index (χ4v) is 5.59. The van der Waals surface area contributed by atoms with E-state index in [-0.39, 0.29) is 13.3 Å². The zero-order valence-electron chi connectivity index (χ0n) is 23.9. The first kappa shape index (κ1) is 32.2. The predicted molar refractivity (Wildman–Crippen MR) is 158 cm³/mol. The second-order valence-corrected chi connectivity index (χ2v) is 11.3. The van der Waals surface area contributed by atoms with Gasteiger partial charge in [0.25, 0.3) is 0 Å². The number of hydrogen-bond donors (Lipinski definition) is 1. The van der Waals surface area contributed by atoms with Gasteiger partial charge in [0.15, 0.2) is 0 Å². The Bertz CT molecular complexity index is 932. The van der Waals surface area contributed by atoms with Crippen molar-refractivity contribution in [3.8, 4) is 0 Å². The molecule has 1 atom stereocenters. The molecule has 0 spiro atoms. The molecular weight excluding hydrogens is 475 g/mol. The number of aliphatic hydroxyl groups excluding tert-OH is 1. The molecule has 0 bridgehead atoms. The van der Waals surface area contributed by atoms with E-state index in [1.54, 1.807) is 14.0 Å². The monoisotopic (exact) mass is 526 g/mol. The summed E-state index contributed by atoms with van der Waals surface area (Å²) in [5.74, 6) is 2.11. The van der Waals surface area contributed by atoms with Crippen LogP contribution in [0.3, 0.4) is 0 Å². The van der Waals surface area contributed by atoms with Crippen LogP contribution < -0.4 is 0 Å². The average molecular weight is 527 g/mol. The fraction of sp³-hybridized carbons (Fsp3) is 0.618. The molecule has 1 unspecified atom stereocenters. The molecule has 0 aliphatic heterocycles. The lowest BCUT2D eigenvalue weighted by Crippen LogP contribution is -2.16. The van der Waals surface area contributed by atoms with Gasteiger partial charge in [0.2, 0.25) is 0 Å². The number of aryl methyl sites for hydroxylation is 2. The van der Waals surface area contributed by atoms with Gasteiger partial charge < -0.3 is 9.84 Å². The quantitative estimate of drug-likeness (QED) is 0.136. The highest BCUT2D eigenvalue weighted by atomic mass is 19.1. The van der Waals surface area contributed by atoms with Crippen LogP contribution in [0.25, 0.3) is 10.8 Å². The minimum Gasteiger partial charge on any atom is -0.396 e. The lowest BCUT2D eigenvalue weighted by Gasteiger charge is -2.28. The van der Waals surface area contributed by atoms with Gasteiger partial charge in [0.1, 0.15) is 6.29 Å². The highest BCUT2D eigenvalue weighted by Gasteiger charge is 2.21. The number of allylic oxidation sites excluding steroid dienone is 1. The van der Waals surface area contributed by atoms with Crippen molar-refractivity contribution in [2.45, 2.75) is 90.4 Å². The van der Waals surface area contributed by atoms with E-state index in [9.17, 15) is 14.3 Å². The molecule has 0 aromatic heterocycles.